The van der Waals surface area contributed by atoms with E-state index in [9.17, 15) is 49.4 Å². The van der Waals surface area contributed by atoms with Gasteiger partial charge in [0.15, 0.2) is 0 Å². The molecule has 0 aliphatic rings. The van der Waals surface area contributed by atoms with Crippen molar-refractivity contribution < 1.29 is 64.0 Å². The van der Waals surface area contributed by atoms with Crippen LogP contribution in [0.3, 0.4) is 0 Å². The van der Waals surface area contributed by atoms with Crippen LogP contribution in [0.1, 0.15) is 66.2 Å². The van der Waals surface area contributed by atoms with Gasteiger partial charge in [0.2, 0.25) is 0 Å². The van der Waals surface area contributed by atoms with E-state index in [1.165, 1.54) is 31.1 Å². The zero-order valence-electron chi connectivity index (χ0n) is 26.3. The van der Waals surface area contributed by atoms with Gasteiger partial charge in [0.05, 0.1) is 36.5 Å². The van der Waals surface area contributed by atoms with Gasteiger partial charge in [-0.1, -0.05) is 13.0 Å². The van der Waals surface area contributed by atoms with Crippen LogP contribution in [0, 0.1) is 6.92 Å². The monoisotopic (exact) mass is 695 g/mol. The Bertz CT molecular complexity index is 1550. The van der Waals surface area contributed by atoms with Crippen molar-refractivity contribution in [3.63, 3.8) is 0 Å². The standard InChI is InChI=1S/C33H34F9NO5/c1-5-43(19(3)30(46)20-12-23(32(37,38)39)15-24(13-20)33(40,41)42)17-21-14-22(31(34,35)36)8-9-25(21)26-16-27(18(2)11-28(26)47-4)48-10-6-7-29(44)45/h8-9,11-16,19,30,46H,5-7,10,17H2,1-4H3,(H,44,45). The Morgan fingerprint density at radius 2 is 1.42 bits per heavy atom. The highest BCUT2D eigenvalue weighted by Gasteiger charge is 2.38. The maximum atomic E-state index is 13.9. The molecule has 0 radical (unpaired) electrons. The fourth-order valence-electron chi connectivity index (χ4n) is 5.16. The molecule has 2 atom stereocenters. The third kappa shape index (κ3) is 9.56. The Morgan fingerprint density at radius 3 is 1.92 bits per heavy atom. The first kappa shape index (κ1) is 38.5. The number of rotatable bonds is 13. The predicted molar refractivity (Wildman–Crippen MR) is 157 cm³/mol. The summed E-state index contributed by atoms with van der Waals surface area (Å²) in [6, 6.07) is 5.62. The molecule has 0 spiro atoms. The Balaban J connectivity index is 2.09. The van der Waals surface area contributed by atoms with Crippen LogP contribution < -0.4 is 9.47 Å². The van der Waals surface area contributed by atoms with Crippen LogP contribution in [0.25, 0.3) is 11.1 Å². The van der Waals surface area contributed by atoms with Crippen molar-refractivity contribution in [1.29, 1.82) is 0 Å². The molecule has 0 aromatic heterocycles. The summed E-state index contributed by atoms with van der Waals surface area (Å²) in [4.78, 5) is 12.3. The summed E-state index contributed by atoms with van der Waals surface area (Å²) in [5.41, 5.74) is -3.73. The highest BCUT2D eigenvalue weighted by Crippen LogP contribution is 2.42. The van der Waals surface area contributed by atoms with Crippen molar-refractivity contribution in [2.45, 2.75) is 70.8 Å². The van der Waals surface area contributed by atoms with Gasteiger partial charge in [0.25, 0.3) is 0 Å². The topological polar surface area (TPSA) is 79.2 Å². The number of alkyl halides is 9. The van der Waals surface area contributed by atoms with Gasteiger partial charge in [-0.05, 0) is 91.5 Å². The zero-order chi connectivity index (χ0) is 36.2. The third-order valence-corrected chi connectivity index (χ3v) is 7.78. The molecule has 2 N–H and O–H groups in total. The second kappa shape index (κ2) is 15.1. The first-order chi connectivity index (χ1) is 22.2. The molecule has 0 saturated heterocycles. The van der Waals surface area contributed by atoms with Crippen molar-refractivity contribution in [2.75, 3.05) is 20.3 Å². The van der Waals surface area contributed by atoms with E-state index in [0.717, 1.165) is 12.1 Å². The highest BCUT2D eigenvalue weighted by atomic mass is 19.4. The second-order valence-corrected chi connectivity index (χ2v) is 11.1. The Labute approximate surface area is 270 Å². The largest absolute Gasteiger partial charge is 0.496 e. The lowest BCUT2D eigenvalue weighted by atomic mass is 9.93. The molecule has 0 amide bonds. The number of nitrogens with zero attached hydrogens (tertiary/aromatic N) is 1. The van der Waals surface area contributed by atoms with E-state index < -0.39 is 58.9 Å². The van der Waals surface area contributed by atoms with Crippen molar-refractivity contribution in [3.05, 3.63) is 81.9 Å². The lowest BCUT2D eigenvalue weighted by Crippen LogP contribution is -2.37. The van der Waals surface area contributed by atoms with Crippen molar-refractivity contribution >= 4 is 5.97 Å². The molecule has 0 bridgehead atoms. The van der Waals surface area contributed by atoms with Crippen LogP contribution >= 0.6 is 0 Å². The molecule has 2 unspecified atom stereocenters. The number of methoxy groups -OCH3 is 1. The molecule has 0 aliphatic carbocycles. The average molecular weight is 696 g/mol. The van der Waals surface area contributed by atoms with Gasteiger partial charge in [-0.3, -0.25) is 9.69 Å². The average Bonchev–Trinajstić information content (AvgIpc) is 3.00. The van der Waals surface area contributed by atoms with E-state index in [1.54, 1.807) is 19.9 Å². The Morgan fingerprint density at radius 1 is 0.833 bits per heavy atom. The fraction of sp³-hybridized carbons (Fsp3) is 0.424. The highest BCUT2D eigenvalue weighted by molar-refractivity contribution is 5.76. The van der Waals surface area contributed by atoms with Crippen LogP contribution in [0.5, 0.6) is 11.5 Å². The first-order valence-electron chi connectivity index (χ1n) is 14.6. The molecule has 3 aromatic carbocycles. The lowest BCUT2D eigenvalue weighted by molar-refractivity contribution is -0.143. The Kier molecular flexibility index (Phi) is 12.1. The number of carboxylic acids is 1. The minimum atomic E-state index is -5.15. The molecule has 3 aromatic rings. The van der Waals surface area contributed by atoms with Crippen LogP contribution in [-0.4, -0.2) is 47.4 Å². The zero-order valence-corrected chi connectivity index (χ0v) is 26.3. The predicted octanol–water partition coefficient (Wildman–Crippen LogP) is 8.91. The number of ether oxygens (including phenoxy) is 2. The van der Waals surface area contributed by atoms with Gasteiger partial charge in [0.1, 0.15) is 11.5 Å². The number of halogens is 9. The molecule has 0 saturated carbocycles. The number of aliphatic carboxylic acids is 1. The minimum absolute atomic E-state index is 0.0297. The number of likely N-dealkylation sites (N-methyl/N-ethyl adjacent to an activating group) is 1. The van der Waals surface area contributed by atoms with Crippen LogP contribution in [0.15, 0.2) is 48.5 Å². The molecule has 3 rings (SSSR count). The summed E-state index contributed by atoms with van der Waals surface area (Å²) in [6.45, 7) is 4.34. The van der Waals surface area contributed by atoms with E-state index in [2.05, 4.69) is 0 Å². The van der Waals surface area contributed by atoms with Crippen LogP contribution in [-0.2, 0) is 29.9 Å². The lowest BCUT2D eigenvalue weighted by Gasteiger charge is -2.33. The molecule has 0 fully saturated rings. The fourth-order valence-corrected chi connectivity index (χ4v) is 5.16. The van der Waals surface area contributed by atoms with Gasteiger partial charge < -0.3 is 19.7 Å². The molecule has 6 nitrogen and oxygen atoms in total. The summed E-state index contributed by atoms with van der Waals surface area (Å²) < 4.78 is 134. The summed E-state index contributed by atoms with van der Waals surface area (Å²) >= 11 is 0. The molecule has 0 heterocycles. The minimum Gasteiger partial charge on any atom is -0.496 e. The second-order valence-electron chi connectivity index (χ2n) is 11.1. The van der Waals surface area contributed by atoms with E-state index in [4.69, 9.17) is 14.6 Å². The van der Waals surface area contributed by atoms with E-state index in [0.29, 0.717) is 29.0 Å². The number of hydrogen-bond donors (Lipinski definition) is 2. The molecule has 0 aliphatic heterocycles. The van der Waals surface area contributed by atoms with Gasteiger partial charge in [0, 0.05) is 24.6 Å². The molecular formula is C33H34F9NO5. The first-order valence-corrected chi connectivity index (χ1v) is 14.6. The third-order valence-electron chi connectivity index (χ3n) is 7.78. The number of aliphatic hydroxyl groups excluding tert-OH is 1. The van der Waals surface area contributed by atoms with Crippen molar-refractivity contribution in [3.8, 4) is 22.6 Å². The maximum absolute atomic E-state index is 13.9. The molecular weight excluding hydrogens is 661 g/mol. The number of carboxylic acid groups (broad SMARTS) is 1. The maximum Gasteiger partial charge on any atom is 0.416 e. The van der Waals surface area contributed by atoms with E-state index >= 15 is 0 Å². The van der Waals surface area contributed by atoms with Gasteiger partial charge >= 0.3 is 24.5 Å². The van der Waals surface area contributed by atoms with Crippen molar-refractivity contribution in [1.82, 2.24) is 4.90 Å². The SMILES string of the molecule is CCN(Cc1cc(C(F)(F)F)ccc1-c1cc(OCCCC(=O)O)c(C)cc1OC)C(C)C(O)c1cc(C(F)(F)F)cc(C(F)(F)F)c1. The van der Waals surface area contributed by atoms with Gasteiger partial charge in [-0.15, -0.1) is 0 Å². The quantitative estimate of drug-likeness (QED) is 0.137. The smallest absolute Gasteiger partial charge is 0.416 e. The summed E-state index contributed by atoms with van der Waals surface area (Å²) in [5, 5.41) is 20.0. The van der Waals surface area contributed by atoms with Crippen LogP contribution in [0.4, 0.5) is 39.5 Å². The number of benzene rings is 3. The number of hydrogen-bond acceptors (Lipinski definition) is 5. The molecule has 48 heavy (non-hydrogen) atoms. The van der Waals surface area contributed by atoms with Crippen molar-refractivity contribution in [2.24, 2.45) is 0 Å². The molecule has 264 valence electrons. The number of aliphatic hydroxyl groups is 1. The van der Waals surface area contributed by atoms with Gasteiger partial charge in [-0.25, -0.2) is 0 Å². The summed E-state index contributed by atoms with van der Waals surface area (Å²) in [5.74, 6) is -0.455. The van der Waals surface area contributed by atoms with E-state index in [1.807, 2.05) is 0 Å². The summed E-state index contributed by atoms with van der Waals surface area (Å²) in [7, 11) is 1.34. The summed E-state index contributed by atoms with van der Waals surface area (Å²) in [6.07, 6.45) is -16.9. The Hall–Kier alpha value is -3.98. The molecule has 15 heteroatoms. The van der Waals surface area contributed by atoms with Crippen LogP contribution in [0.2, 0.25) is 0 Å². The number of carbonyl (C=O) groups is 1. The number of aryl methyl sites for hydroxylation is 1. The van der Waals surface area contributed by atoms with E-state index in [-0.39, 0.29) is 55.5 Å². The van der Waals surface area contributed by atoms with Gasteiger partial charge in [-0.2, -0.15) is 39.5 Å². The normalized spacial score (nSPS) is 13.8.